The van der Waals surface area contributed by atoms with Gasteiger partial charge in [-0.2, -0.15) is 0 Å². The maximum absolute atomic E-state index is 6.45. The van der Waals surface area contributed by atoms with Crippen LogP contribution in [0.5, 0.6) is 0 Å². The van der Waals surface area contributed by atoms with Crippen molar-refractivity contribution in [3.8, 4) is 0 Å². The van der Waals surface area contributed by atoms with Gasteiger partial charge in [-0.3, -0.25) is 4.98 Å². The van der Waals surface area contributed by atoms with Crippen molar-refractivity contribution >= 4 is 0 Å². The molecule has 0 bridgehead atoms. The van der Waals surface area contributed by atoms with Crippen LogP contribution >= 0.6 is 0 Å². The quantitative estimate of drug-likeness (QED) is 0.842. The van der Waals surface area contributed by atoms with E-state index in [2.05, 4.69) is 24.9 Å². The average Bonchev–Trinajstić information content (AvgIpc) is 2.48. The van der Waals surface area contributed by atoms with Gasteiger partial charge in [0.15, 0.2) is 0 Å². The Morgan fingerprint density at radius 1 is 1.30 bits per heavy atom. The van der Waals surface area contributed by atoms with Crippen molar-refractivity contribution in [2.45, 2.75) is 71.3 Å². The van der Waals surface area contributed by atoms with Crippen LogP contribution in [0.15, 0.2) is 18.3 Å². The van der Waals surface area contributed by atoms with Gasteiger partial charge in [0.05, 0.1) is 0 Å². The molecule has 1 fully saturated rings. The molecular weight excluding hydrogens is 244 g/mol. The molecule has 0 spiro atoms. The monoisotopic (exact) mass is 274 g/mol. The maximum atomic E-state index is 6.45. The summed E-state index contributed by atoms with van der Waals surface area (Å²) in [6.45, 7) is 4.42. The zero-order chi connectivity index (χ0) is 14.4. The zero-order valence-corrected chi connectivity index (χ0v) is 13.1. The third kappa shape index (κ3) is 4.31. The van der Waals surface area contributed by atoms with E-state index < -0.39 is 0 Å². The van der Waals surface area contributed by atoms with Crippen molar-refractivity contribution in [3.05, 3.63) is 29.6 Å². The van der Waals surface area contributed by atoms with Gasteiger partial charge in [0.2, 0.25) is 0 Å². The number of aromatic nitrogens is 1. The van der Waals surface area contributed by atoms with Crippen LogP contribution in [0.2, 0.25) is 0 Å². The molecule has 1 atom stereocenters. The number of rotatable bonds is 6. The fraction of sp³-hybridized carbons (Fsp3) is 0.722. The first kappa shape index (κ1) is 15.5. The number of unbranched alkanes of at least 4 members (excludes halogenated alkanes) is 1. The SMILES string of the molecule is CCCCC1CCC(C(N)Cc2ncccc2C)CC1. The van der Waals surface area contributed by atoms with Gasteiger partial charge in [0.25, 0.3) is 0 Å². The van der Waals surface area contributed by atoms with Gasteiger partial charge in [-0.05, 0) is 43.2 Å². The first-order valence-corrected chi connectivity index (χ1v) is 8.36. The molecule has 20 heavy (non-hydrogen) atoms. The number of hydrogen-bond donors (Lipinski definition) is 1. The lowest BCUT2D eigenvalue weighted by atomic mass is 9.76. The van der Waals surface area contributed by atoms with E-state index >= 15 is 0 Å². The minimum absolute atomic E-state index is 0.288. The van der Waals surface area contributed by atoms with Crippen LogP contribution in [-0.2, 0) is 6.42 Å². The highest BCUT2D eigenvalue weighted by molar-refractivity contribution is 5.18. The van der Waals surface area contributed by atoms with Crippen molar-refractivity contribution in [2.24, 2.45) is 17.6 Å². The third-order valence-electron chi connectivity index (χ3n) is 5.01. The zero-order valence-electron chi connectivity index (χ0n) is 13.1. The van der Waals surface area contributed by atoms with E-state index in [4.69, 9.17) is 5.73 Å². The number of nitrogens with two attached hydrogens (primary N) is 1. The summed E-state index contributed by atoms with van der Waals surface area (Å²) in [7, 11) is 0. The van der Waals surface area contributed by atoms with Gasteiger partial charge in [-0.25, -0.2) is 0 Å². The van der Waals surface area contributed by atoms with Crippen molar-refractivity contribution in [3.63, 3.8) is 0 Å². The van der Waals surface area contributed by atoms with Crippen molar-refractivity contribution in [1.29, 1.82) is 0 Å². The summed E-state index contributed by atoms with van der Waals surface area (Å²) in [6, 6.07) is 4.43. The fourth-order valence-electron chi connectivity index (χ4n) is 3.52. The molecule has 1 aromatic heterocycles. The molecule has 1 aliphatic carbocycles. The molecule has 112 valence electrons. The van der Waals surface area contributed by atoms with E-state index in [-0.39, 0.29) is 6.04 Å². The molecule has 0 aliphatic heterocycles. The molecule has 2 nitrogen and oxygen atoms in total. The van der Waals surface area contributed by atoms with Gasteiger partial charge < -0.3 is 5.73 Å². The molecule has 1 aliphatic rings. The molecule has 1 unspecified atom stereocenters. The van der Waals surface area contributed by atoms with E-state index in [0.717, 1.165) is 12.3 Å². The molecule has 0 radical (unpaired) electrons. The first-order valence-electron chi connectivity index (χ1n) is 8.36. The van der Waals surface area contributed by atoms with E-state index in [0.29, 0.717) is 5.92 Å². The van der Waals surface area contributed by atoms with Crippen LogP contribution in [-0.4, -0.2) is 11.0 Å². The standard InChI is InChI=1S/C18H30N2/c1-3-4-7-15-8-10-16(11-9-15)17(19)13-18-14(2)6-5-12-20-18/h5-6,12,15-17H,3-4,7-11,13,19H2,1-2H3. The lowest BCUT2D eigenvalue weighted by Gasteiger charge is -2.32. The smallest absolute Gasteiger partial charge is 0.0448 e. The molecule has 1 heterocycles. The van der Waals surface area contributed by atoms with E-state index in [9.17, 15) is 0 Å². The normalized spacial score (nSPS) is 24.6. The van der Waals surface area contributed by atoms with Crippen molar-refractivity contribution in [1.82, 2.24) is 4.98 Å². The van der Waals surface area contributed by atoms with E-state index in [1.165, 1.54) is 56.2 Å². The Kier molecular flexibility index (Phi) is 6.03. The van der Waals surface area contributed by atoms with Gasteiger partial charge in [0, 0.05) is 24.4 Å². The fourth-order valence-corrected chi connectivity index (χ4v) is 3.52. The molecule has 1 saturated carbocycles. The third-order valence-corrected chi connectivity index (χ3v) is 5.01. The molecule has 2 N–H and O–H groups in total. The van der Waals surface area contributed by atoms with Crippen molar-refractivity contribution < 1.29 is 0 Å². The minimum Gasteiger partial charge on any atom is -0.327 e. The van der Waals surface area contributed by atoms with Crippen LogP contribution in [0.3, 0.4) is 0 Å². The Morgan fingerprint density at radius 2 is 2.05 bits per heavy atom. The molecule has 0 saturated heterocycles. The number of aryl methyl sites for hydroxylation is 1. The van der Waals surface area contributed by atoms with Crippen LogP contribution in [0.25, 0.3) is 0 Å². The van der Waals surface area contributed by atoms with Crippen molar-refractivity contribution in [2.75, 3.05) is 0 Å². The highest BCUT2D eigenvalue weighted by Gasteiger charge is 2.25. The lowest BCUT2D eigenvalue weighted by molar-refractivity contribution is 0.230. The molecule has 1 aromatic rings. The van der Waals surface area contributed by atoms with E-state index in [1.807, 2.05) is 12.3 Å². The van der Waals surface area contributed by atoms with Gasteiger partial charge in [-0.1, -0.05) is 45.1 Å². The highest BCUT2D eigenvalue weighted by atomic mass is 14.7. The lowest BCUT2D eigenvalue weighted by Crippen LogP contribution is -2.35. The molecule has 0 aromatic carbocycles. The van der Waals surface area contributed by atoms with E-state index in [1.54, 1.807) is 0 Å². The Bertz CT molecular complexity index is 394. The summed E-state index contributed by atoms with van der Waals surface area (Å²) in [5.41, 5.74) is 8.92. The number of pyridine rings is 1. The summed E-state index contributed by atoms with van der Waals surface area (Å²) >= 11 is 0. The first-order chi connectivity index (χ1) is 9.70. The molecular formula is C18H30N2. The second-order valence-electron chi connectivity index (χ2n) is 6.56. The summed E-state index contributed by atoms with van der Waals surface area (Å²) in [5.74, 6) is 1.67. The summed E-state index contributed by atoms with van der Waals surface area (Å²) in [4.78, 5) is 4.49. The molecule has 2 heteroatoms. The summed E-state index contributed by atoms with van der Waals surface area (Å²) in [6.07, 6.45) is 12.4. The average molecular weight is 274 g/mol. The largest absolute Gasteiger partial charge is 0.327 e. The predicted molar refractivity (Wildman–Crippen MR) is 85.6 cm³/mol. The second kappa shape index (κ2) is 7.78. The van der Waals surface area contributed by atoms with Gasteiger partial charge >= 0.3 is 0 Å². The maximum Gasteiger partial charge on any atom is 0.0448 e. The van der Waals surface area contributed by atoms with Gasteiger partial charge in [0.1, 0.15) is 0 Å². The van der Waals surface area contributed by atoms with Crippen LogP contribution in [0, 0.1) is 18.8 Å². The van der Waals surface area contributed by atoms with Crippen LogP contribution in [0.4, 0.5) is 0 Å². The molecule has 2 rings (SSSR count). The van der Waals surface area contributed by atoms with Gasteiger partial charge in [-0.15, -0.1) is 0 Å². The Balaban J connectivity index is 1.80. The highest BCUT2D eigenvalue weighted by Crippen LogP contribution is 2.33. The van der Waals surface area contributed by atoms with Crippen LogP contribution in [0.1, 0.15) is 63.1 Å². The van der Waals surface area contributed by atoms with Crippen LogP contribution < -0.4 is 5.73 Å². The minimum atomic E-state index is 0.288. The Morgan fingerprint density at radius 3 is 2.70 bits per heavy atom. The second-order valence-corrected chi connectivity index (χ2v) is 6.56. The Labute approximate surface area is 124 Å². The summed E-state index contributed by atoms with van der Waals surface area (Å²) in [5, 5.41) is 0. The molecule has 0 amide bonds. The Hall–Kier alpha value is -0.890. The number of nitrogens with zero attached hydrogens (tertiary/aromatic N) is 1. The topological polar surface area (TPSA) is 38.9 Å². The number of hydrogen-bond acceptors (Lipinski definition) is 2. The predicted octanol–water partition coefficient (Wildman–Crippen LogP) is 4.26. The summed E-state index contributed by atoms with van der Waals surface area (Å²) < 4.78 is 0.